The number of alkyl carbamates (subject to hydrolysis) is 1. The van der Waals surface area contributed by atoms with Crippen molar-refractivity contribution in [3.8, 4) is 0 Å². The number of thiazole rings is 2. The normalized spacial score (nSPS) is 14.3. The lowest BCUT2D eigenvalue weighted by Gasteiger charge is -2.35. The van der Waals surface area contributed by atoms with Crippen LogP contribution in [-0.2, 0) is 49.4 Å². The number of ether oxygens (including phenoxy) is 2. The molecule has 0 radical (unpaired) electrons. The van der Waals surface area contributed by atoms with Gasteiger partial charge in [0.05, 0.1) is 39.8 Å². The third kappa shape index (κ3) is 16.8. The van der Waals surface area contributed by atoms with E-state index in [-0.39, 0.29) is 44.2 Å². The SMILES string of the molecule is CCC[C@@H](O[C@@H](CC(Cc1ccccc1)NC(=O)[C@@H](NC(=O)N(C)Cc1csc(C(C)C)n1)C(C)C)[C@H](Cc1ccccc1)NC(=O)OCc1cncs1)OP(=O)(O)O. The van der Waals surface area contributed by atoms with Crippen molar-refractivity contribution in [1.82, 2.24) is 30.8 Å². The molecule has 5 atom stereocenters. The van der Waals surface area contributed by atoms with Gasteiger partial charge in [-0.1, -0.05) is 102 Å². The van der Waals surface area contributed by atoms with Crippen molar-refractivity contribution in [2.24, 2.45) is 5.92 Å². The summed E-state index contributed by atoms with van der Waals surface area (Å²) in [5, 5.41) is 11.9. The minimum atomic E-state index is -5.01. The molecule has 2 aromatic heterocycles. The topological polar surface area (TPSA) is 202 Å². The molecule has 0 saturated heterocycles. The van der Waals surface area contributed by atoms with Gasteiger partial charge in [0, 0.05) is 30.6 Å². The number of benzene rings is 2. The molecular formula is C41H57N6O9PS2. The number of urea groups is 1. The van der Waals surface area contributed by atoms with Crippen molar-refractivity contribution in [3.63, 3.8) is 0 Å². The molecular weight excluding hydrogens is 816 g/mol. The van der Waals surface area contributed by atoms with E-state index >= 15 is 0 Å². The molecule has 4 amide bonds. The number of hydrogen-bond donors (Lipinski definition) is 5. The molecule has 4 rings (SSSR count). The van der Waals surface area contributed by atoms with Gasteiger partial charge in [0.2, 0.25) is 5.91 Å². The van der Waals surface area contributed by atoms with Crippen molar-refractivity contribution >= 4 is 48.5 Å². The number of aromatic nitrogens is 2. The molecule has 0 aliphatic carbocycles. The van der Waals surface area contributed by atoms with E-state index in [2.05, 4.69) is 39.8 Å². The molecule has 1 unspecified atom stereocenters. The van der Waals surface area contributed by atoms with Gasteiger partial charge in [-0.3, -0.25) is 14.3 Å². The van der Waals surface area contributed by atoms with Crippen LogP contribution in [0.3, 0.4) is 0 Å². The number of phosphoric acid groups is 1. The summed E-state index contributed by atoms with van der Waals surface area (Å²) in [6.45, 7) is 9.85. The highest BCUT2D eigenvalue weighted by atomic mass is 32.1. The fraction of sp³-hybridized carbons (Fsp3) is 0.488. The predicted molar refractivity (Wildman–Crippen MR) is 228 cm³/mol. The smallest absolute Gasteiger partial charge is 0.444 e. The summed E-state index contributed by atoms with van der Waals surface area (Å²) in [5.41, 5.74) is 4.11. The van der Waals surface area contributed by atoms with Crippen LogP contribution in [0.4, 0.5) is 9.59 Å². The van der Waals surface area contributed by atoms with Crippen molar-refractivity contribution in [3.05, 3.63) is 104 Å². The van der Waals surface area contributed by atoms with Gasteiger partial charge in [-0.25, -0.2) is 19.1 Å². The average molecular weight is 873 g/mol. The highest BCUT2D eigenvalue weighted by Gasteiger charge is 2.35. The highest BCUT2D eigenvalue weighted by molar-refractivity contribution is 7.46. The molecule has 0 spiro atoms. The number of phosphoric ester groups is 1. The molecule has 5 N–H and O–H groups in total. The van der Waals surface area contributed by atoms with Gasteiger partial charge in [0.1, 0.15) is 12.6 Å². The number of carbonyl (C=O) groups excluding carboxylic acids is 3. The first-order valence-corrected chi connectivity index (χ1v) is 22.9. The lowest BCUT2D eigenvalue weighted by Crippen LogP contribution is -2.56. The number of rotatable bonds is 23. The third-order valence-corrected chi connectivity index (χ3v) is 11.7. The molecule has 2 heterocycles. The molecule has 2 aromatic carbocycles. The minimum absolute atomic E-state index is 0.0210. The maximum absolute atomic E-state index is 14.3. The molecule has 18 heteroatoms. The third-order valence-electron chi connectivity index (χ3n) is 9.21. The van der Waals surface area contributed by atoms with Gasteiger partial charge in [-0.2, -0.15) is 0 Å². The Bertz CT molecular complexity index is 1910. The van der Waals surface area contributed by atoms with Crippen LogP contribution in [0.2, 0.25) is 0 Å². The van der Waals surface area contributed by atoms with Crippen LogP contribution in [0.25, 0.3) is 0 Å². The summed E-state index contributed by atoms with van der Waals surface area (Å²) in [7, 11) is -3.37. The predicted octanol–water partition coefficient (Wildman–Crippen LogP) is 7.17. The summed E-state index contributed by atoms with van der Waals surface area (Å²) < 4.78 is 29.3. The van der Waals surface area contributed by atoms with E-state index < -0.39 is 56.4 Å². The Kier molecular flexibility index (Phi) is 18.9. The van der Waals surface area contributed by atoms with E-state index in [1.165, 1.54) is 16.2 Å². The van der Waals surface area contributed by atoms with Gasteiger partial charge < -0.3 is 40.1 Å². The van der Waals surface area contributed by atoms with Crippen LogP contribution < -0.4 is 16.0 Å². The van der Waals surface area contributed by atoms with Gasteiger partial charge in [-0.15, -0.1) is 22.7 Å². The van der Waals surface area contributed by atoms with Gasteiger partial charge in [0.25, 0.3) is 0 Å². The summed E-state index contributed by atoms with van der Waals surface area (Å²) in [4.78, 5) is 71.8. The van der Waals surface area contributed by atoms with E-state index in [1.807, 2.05) is 86.8 Å². The second-order valence-corrected chi connectivity index (χ2v) is 18.0. The molecule has 0 saturated carbocycles. The standard InChI is InChI=1S/C41H57N6O9PS2/c1-7-14-36(56-57(51,52)53)55-35(34(20-30-17-12-9-13-18-30)45-41(50)54-24-33-22-42-26-59-33)21-31(19-29-15-10-8-11-16-29)43-38(48)37(27(2)3)46-40(49)47(6)23-32-25-58-39(44-32)28(4)5/h8-13,15-18,22,25-28,31,34-37H,7,14,19-21,23-24H2,1-6H3,(H,43,48)(H,45,50)(H,46,49)(H2,51,52,53)/t31?,34-,35-,36-,37-/m0/s1. The molecule has 322 valence electrons. The number of hydrogen-bond acceptors (Lipinski definition) is 11. The minimum Gasteiger partial charge on any atom is -0.444 e. The van der Waals surface area contributed by atoms with Crippen molar-refractivity contribution in [1.29, 1.82) is 0 Å². The van der Waals surface area contributed by atoms with Crippen LogP contribution in [0.1, 0.15) is 86.5 Å². The molecule has 0 bridgehead atoms. The van der Waals surface area contributed by atoms with E-state index in [1.54, 1.807) is 30.1 Å². The summed E-state index contributed by atoms with van der Waals surface area (Å²) in [6.07, 6.45) is -0.306. The highest BCUT2D eigenvalue weighted by Crippen LogP contribution is 2.39. The average Bonchev–Trinajstić information content (AvgIpc) is 3.89. The van der Waals surface area contributed by atoms with Crippen LogP contribution in [0, 0.1) is 5.92 Å². The molecule has 4 aromatic rings. The van der Waals surface area contributed by atoms with Crippen LogP contribution >= 0.6 is 30.5 Å². The lowest BCUT2D eigenvalue weighted by molar-refractivity contribution is -0.144. The van der Waals surface area contributed by atoms with Gasteiger partial charge >= 0.3 is 19.9 Å². The molecule has 0 aliphatic rings. The monoisotopic (exact) mass is 872 g/mol. The zero-order chi connectivity index (χ0) is 43.0. The Labute approximate surface area is 354 Å². The van der Waals surface area contributed by atoms with Gasteiger partial charge in [-0.05, 0) is 42.7 Å². The van der Waals surface area contributed by atoms with Crippen LogP contribution in [0.15, 0.2) is 77.8 Å². The second kappa shape index (κ2) is 23.5. The molecule has 59 heavy (non-hydrogen) atoms. The Morgan fingerprint density at radius 2 is 1.58 bits per heavy atom. The first-order chi connectivity index (χ1) is 28.1. The fourth-order valence-corrected chi connectivity index (χ4v) is 8.04. The zero-order valence-corrected chi connectivity index (χ0v) is 36.9. The van der Waals surface area contributed by atoms with Crippen molar-refractivity contribution in [2.75, 3.05) is 7.05 Å². The summed E-state index contributed by atoms with van der Waals surface area (Å²) in [5.74, 6) is -0.487. The first-order valence-electron chi connectivity index (χ1n) is 19.6. The number of nitrogens with zero attached hydrogens (tertiary/aromatic N) is 3. The Morgan fingerprint density at radius 1 is 0.915 bits per heavy atom. The number of amides is 4. The Balaban J connectivity index is 1.65. The Hall–Kier alpha value is -4.22. The largest absolute Gasteiger partial charge is 0.471 e. The fourth-order valence-electron chi connectivity index (χ4n) is 6.25. The summed E-state index contributed by atoms with van der Waals surface area (Å²) >= 11 is 2.88. The molecule has 0 fully saturated rings. The van der Waals surface area contributed by atoms with Crippen LogP contribution in [-0.4, -0.2) is 80.3 Å². The second-order valence-electron chi connectivity index (χ2n) is 15.0. The number of nitrogens with one attached hydrogen (secondary N) is 3. The quantitative estimate of drug-likeness (QED) is 0.0374. The van der Waals surface area contributed by atoms with E-state index in [9.17, 15) is 28.7 Å². The maximum atomic E-state index is 14.3. The Morgan fingerprint density at radius 3 is 2.14 bits per heavy atom. The molecule has 15 nitrogen and oxygen atoms in total. The first kappa shape index (κ1) is 47.5. The number of carbonyl (C=O) groups is 3. The zero-order valence-electron chi connectivity index (χ0n) is 34.4. The van der Waals surface area contributed by atoms with Gasteiger partial charge in [0.15, 0.2) is 6.29 Å². The van der Waals surface area contributed by atoms with E-state index in [0.29, 0.717) is 12.8 Å². The lowest BCUT2D eigenvalue weighted by atomic mass is 9.92. The summed E-state index contributed by atoms with van der Waals surface area (Å²) in [6, 6.07) is 16.0. The van der Waals surface area contributed by atoms with E-state index in [0.717, 1.165) is 26.7 Å². The van der Waals surface area contributed by atoms with Crippen molar-refractivity contribution in [2.45, 2.75) is 116 Å². The van der Waals surface area contributed by atoms with E-state index in [4.69, 9.17) is 14.0 Å². The van der Waals surface area contributed by atoms with Crippen LogP contribution in [0.5, 0.6) is 0 Å². The maximum Gasteiger partial charge on any atom is 0.471 e. The van der Waals surface area contributed by atoms with Crippen molar-refractivity contribution < 1.29 is 42.7 Å². The molecule has 0 aliphatic heterocycles.